The molecule has 2 heterocycles. The fourth-order valence-electron chi connectivity index (χ4n) is 2.68. The molecule has 26 heavy (non-hydrogen) atoms. The number of nitrogens with one attached hydrogen (secondary N) is 1. The number of anilines is 2. The van der Waals surface area contributed by atoms with E-state index in [1.54, 1.807) is 25.6 Å². The Hall–Kier alpha value is -3.18. The van der Waals surface area contributed by atoms with Crippen molar-refractivity contribution in [3.8, 4) is 17.1 Å². The van der Waals surface area contributed by atoms with Crippen molar-refractivity contribution in [2.75, 3.05) is 12.4 Å². The lowest BCUT2D eigenvalue weighted by atomic mass is 10.2. The number of pyridine rings is 1. The molecule has 2 aromatic heterocycles. The molecule has 0 unspecified atom stereocenters. The van der Waals surface area contributed by atoms with Crippen LogP contribution in [-0.2, 0) is 0 Å². The Kier molecular flexibility index (Phi) is 4.37. The van der Waals surface area contributed by atoms with E-state index in [9.17, 15) is 0 Å². The zero-order valence-electron chi connectivity index (χ0n) is 14.0. The molecule has 0 aliphatic rings. The number of methoxy groups -OCH3 is 1. The van der Waals surface area contributed by atoms with E-state index in [2.05, 4.69) is 15.3 Å². The molecule has 4 rings (SSSR count). The highest BCUT2D eigenvalue weighted by Crippen LogP contribution is 2.31. The molecular formula is C20H15ClN4O. The van der Waals surface area contributed by atoms with Gasteiger partial charge in [-0.3, -0.25) is 4.98 Å². The molecule has 128 valence electrons. The second-order valence-corrected chi connectivity index (χ2v) is 6.04. The summed E-state index contributed by atoms with van der Waals surface area (Å²) in [4.78, 5) is 13.5. The lowest BCUT2D eigenvalue weighted by Crippen LogP contribution is -1.99. The lowest BCUT2D eigenvalue weighted by molar-refractivity contribution is 0.415. The zero-order valence-corrected chi connectivity index (χ0v) is 14.7. The molecule has 0 saturated carbocycles. The van der Waals surface area contributed by atoms with Crippen LogP contribution in [0.5, 0.6) is 5.75 Å². The van der Waals surface area contributed by atoms with E-state index >= 15 is 0 Å². The predicted molar refractivity (Wildman–Crippen MR) is 104 cm³/mol. The maximum absolute atomic E-state index is 6.24. The lowest BCUT2D eigenvalue weighted by Gasteiger charge is -2.12. The van der Waals surface area contributed by atoms with Crippen LogP contribution in [0.3, 0.4) is 0 Å². The van der Waals surface area contributed by atoms with Gasteiger partial charge in [0.15, 0.2) is 5.82 Å². The molecule has 5 nitrogen and oxygen atoms in total. The van der Waals surface area contributed by atoms with Crippen molar-refractivity contribution in [1.82, 2.24) is 15.0 Å². The van der Waals surface area contributed by atoms with Gasteiger partial charge in [-0.2, -0.15) is 0 Å². The van der Waals surface area contributed by atoms with Crippen molar-refractivity contribution in [1.29, 1.82) is 0 Å². The van der Waals surface area contributed by atoms with E-state index in [4.69, 9.17) is 21.3 Å². The summed E-state index contributed by atoms with van der Waals surface area (Å²) in [6, 6.07) is 17.2. The van der Waals surface area contributed by atoms with Gasteiger partial charge < -0.3 is 10.1 Å². The number of hydrogen-bond donors (Lipinski definition) is 1. The molecule has 0 aliphatic heterocycles. The summed E-state index contributed by atoms with van der Waals surface area (Å²) in [5, 5.41) is 4.79. The second-order valence-electron chi connectivity index (χ2n) is 5.63. The Morgan fingerprint density at radius 2 is 1.88 bits per heavy atom. The minimum Gasteiger partial charge on any atom is -0.495 e. The van der Waals surface area contributed by atoms with Crippen molar-refractivity contribution >= 4 is 34.0 Å². The Balaban J connectivity index is 1.82. The highest BCUT2D eigenvalue weighted by atomic mass is 35.5. The first-order valence-electron chi connectivity index (χ1n) is 8.02. The van der Waals surface area contributed by atoms with Gasteiger partial charge in [-0.05, 0) is 42.5 Å². The Labute approximate surface area is 155 Å². The second kappa shape index (κ2) is 6.98. The first-order chi connectivity index (χ1) is 12.7. The van der Waals surface area contributed by atoms with E-state index < -0.39 is 0 Å². The summed E-state index contributed by atoms with van der Waals surface area (Å²) in [6.45, 7) is 0. The van der Waals surface area contributed by atoms with Gasteiger partial charge in [-0.15, -0.1) is 0 Å². The maximum atomic E-state index is 6.24. The van der Waals surface area contributed by atoms with Crippen molar-refractivity contribution < 1.29 is 4.74 Å². The number of halogens is 1. The van der Waals surface area contributed by atoms with Crippen LogP contribution >= 0.6 is 11.6 Å². The molecule has 0 fully saturated rings. The number of benzene rings is 2. The molecule has 0 bridgehead atoms. The van der Waals surface area contributed by atoms with E-state index in [1.165, 1.54) is 0 Å². The average Bonchev–Trinajstić information content (AvgIpc) is 2.69. The largest absolute Gasteiger partial charge is 0.495 e. The van der Waals surface area contributed by atoms with E-state index in [0.717, 1.165) is 22.2 Å². The van der Waals surface area contributed by atoms with Crippen LogP contribution in [0.4, 0.5) is 11.5 Å². The molecular weight excluding hydrogens is 348 g/mol. The highest BCUT2D eigenvalue weighted by molar-refractivity contribution is 6.32. The summed E-state index contributed by atoms with van der Waals surface area (Å²) >= 11 is 6.24. The van der Waals surface area contributed by atoms with Gasteiger partial charge in [0.2, 0.25) is 0 Å². The van der Waals surface area contributed by atoms with Crippen LogP contribution in [0, 0.1) is 0 Å². The summed E-state index contributed by atoms with van der Waals surface area (Å²) in [6.07, 6.45) is 3.47. The van der Waals surface area contributed by atoms with Gasteiger partial charge in [0.25, 0.3) is 0 Å². The number of fused-ring (bicyclic) bond motifs is 1. The van der Waals surface area contributed by atoms with Crippen LogP contribution in [0.2, 0.25) is 5.02 Å². The van der Waals surface area contributed by atoms with Crippen LogP contribution in [0.1, 0.15) is 0 Å². The average molecular weight is 363 g/mol. The molecule has 0 aliphatic carbocycles. The third-order valence-electron chi connectivity index (χ3n) is 3.94. The molecule has 0 amide bonds. The minimum absolute atomic E-state index is 0.531. The molecule has 0 saturated heterocycles. The SMILES string of the molecule is COc1ccc(Nc2nc(-c3cccnc3)nc3ccccc23)cc1Cl. The topological polar surface area (TPSA) is 59.9 Å². The summed E-state index contributed by atoms with van der Waals surface area (Å²) in [7, 11) is 1.59. The van der Waals surface area contributed by atoms with Crippen LogP contribution in [0.25, 0.3) is 22.3 Å². The molecule has 4 aromatic rings. The first kappa shape index (κ1) is 16.3. The van der Waals surface area contributed by atoms with E-state index in [-0.39, 0.29) is 0 Å². The Morgan fingerprint density at radius 1 is 1.00 bits per heavy atom. The quantitative estimate of drug-likeness (QED) is 0.547. The highest BCUT2D eigenvalue weighted by Gasteiger charge is 2.10. The van der Waals surface area contributed by atoms with Gasteiger partial charge in [-0.1, -0.05) is 23.7 Å². The molecule has 2 aromatic carbocycles. The predicted octanol–water partition coefficient (Wildman–Crippen LogP) is 5.10. The number of ether oxygens (including phenoxy) is 1. The standard InChI is InChI=1S/C20H15ClN4O/c1-26-18-9-8-14(11-16(18)21)23-20-15-6-2-3-7-17(15)24-19(25-20)13-5-4-10-22-12-13/h2-12H,1H3,(H,23,24,25). The molecule has 0 radical (unpaired) electrons. The van der Waals surface area contributed by atoms with E-state index in [1.807, 2.05) is 48.5 Å². The monoisotopic (exact) mass is 362 g/mol. The van der Waals surface area contributed by atoms with E-state index in [0.29, 0.717) is 22.4 Å². The Morgan fingerprint density at radius 3 is 2.65 bits per heavy atom. The summed E-state index contributed by atoms with van der Waals surface area (Å²) in [5.41, 5.74) is 2.52. The zero-order chi connectivity index (χ0) is 17.9. The minimum atomic E-state index is 0.531. The van der Waals surface area contributed by atoms with Crippen molar-refractivity contribution in [2.45, 2.75) is 0 Å². The number of nitrogens with zero attached hydrogens (tertiary/aromatic N) is 3. The fraction of sp³-hybridized carbons (Fsp3) is 0.0500. The first-order valence-corrected chi connectivity index (χ1v) is 8.40. The van der Waals surface area contributed by atoms with Crippen LogP contribution in [-0.4, -0.2) is 22.1 Å². The van der Waals surface area contributed by atoms with Crippen LogP contribution in [0.15, 0.2) is 67.0 Å². The number of hydrogen-bond acceptors (Lipinski definition) is 5. The summed E-state index contributed by atoms with van der Waals surface area (Å²) < 4.78 is 5.21. The van der Waals surface area contributed by atoms with Gasteiger partial charge in [0.1, 0.15) is 11.6 Å². The van der Waals surface area contributed by atoms with Gasteiger partial charge in [0.05, 0.1) is 17.6 Å². The van der Waals surface area contributed by atoms with Crippen LogP contribution < -0.4 is 10.1 Å². The third-order valence-corrected chi connectivity index (χ3v) is 4.23. The number of para-hydroxylation sites is 1. The smallest absolute Gasteiger partial charge is 0.163 e. The van der Waals surface area contributed by atoms with Crippen molar-refractivity contribution in [2.24, 2.45) is 0 Å². The fourth-order valence-corrected chi connectivity index (χ4v) is 2.93. The van der Waals surface area contributed by atoms with Crippen molar-refractivity contribution in [3.05, 3.63) is 72.0 Å². The molecule has 1 N–H and O–H groups in total. The Bertz CT molecular complexity index is 1070. The van der Waals surface area contributed by atoms with Gasteiger partial charge >= 0.3 is 0 Å². The molecule has 0 spiro atoms. The number of aromatic nitrogens is 3. The van der Waals surface area contributed by atoms with Gasteiger partial charge in [-0.25, -0.2) is 9.97 Å². The van der Waals surface area contributed by atoms with Crippen molar-refractivity contribution in [3.63, 3.8) is 0 Å². The number of rotatable bonds is 4. The third kappa shape index (κ3) is 3.17. The maximum Gasteiger partial charge on any atom is 0.163 e. The molecule has 6 heteroatoms. The summed E-state index contributed by atoms with van der Waals surface area (Å²) in [5.74, 6) is 1.94. The normalized spacial score (nSPS) is 10.7. The van der Waals surface area contributed by atoms with Gasteiger partial charge in [0, 0.05) is 29.0 Å². The molecule has 0 atom stereocenters.